The quantitative estimate of drug-likeness (QED) is 0.477. The Morgan fingerprint density at radius 3 is 2.33 bits per heavy atom. The maximum Gasteiger partial charge on any atom is 0.430 e. The molecule has 3 rings (SSSR count). The second-order valence-electron chi connectivity index (χ2n) is 7.10. The smallest absolute Gasteiger partial charge is 0.430 e. The summed E-state index contributed by atoms with van der Waals surface area (Å²) in [6.07, 6.45) is -1.69. The van der Waals surface area contributed by atoms with Crippen molar-refractivity contribution < 1.29 is 23.9 Å². The average Bonchev–Trinajstić information content (AvgIpc) is 3.04. The van der Waals surface area contributed by atoms with Gasteiger partial charge in [-0.15, -0.1) is 0 Å². The predicted octanol–water partition coefficient (Wildman–Crippen LogP) is 4.42. The number of hydrogen-bond acceptors (Lipinski definition) is 7. The third-order valence-electron chi connectivity index (χ3n) is 4.97. The molecule has 3 amide bonds. The Morgan fingerprint density at radius 2 is 1.70 bits per heavy atom. The predicted molar refractivity (Wildman–Crippen MR) is 131 cm³/mol. The van der Waals surface area contributed by atoms with E-state index in [0.717, 1.165) is 27.9 Å². The molecule has 0 spiro atoms. The number of hydrazine groups is 1. The fourth-order valence-corrected chi connectivity index (χ4v) is 5.20. The second-order valence-corrected chi connectivity index (χ2v) is 9.01. The van der Waals surface area contributed by atoms with Gasteiger partial charge in [-0.3, -0.25) is 9.69 Å². The van der Waals surface area contributed by atoms with E-state index in [1.807, 2.05) is 37.3 Å². The number of carbonyl (C=O) groups is 3. The zero-order valence-corrected chi connectivity index (χ0v) is 20.2. The van der Waals surface area contributed by atoms with Gasteiger partial charge in [0.2, 0.25) is 4.87 Å². The summed E-state index contributed by atoms with van der Waals surface area (Å²) in [6, 6.07) is 16.4. The molecule has 10 heteroatoms. The van der Waals surface area contributed by atoms with Crippen LogP contribution in [0.1, 0.15) is 25.0 Å². The summed E-state index contributed by atoms with van der Waals surface area (Å²) in [5, 5.41) is 0.906. The van der Waals surface area contributed by atoms with Gasteiger partial charge in [0.05, 0.1) is 18.9 Å². The number of hydrogen-bond donors (Lipinski definition) is 1. The van der Waals surface area contributed by atoms with Gasteiger partial charge in [-0.05, 0) is 44.0 Å². The summed E-state index contributed by atoms with van der Waals surface area (Å²) in [6.45, 7) is 5.32. The third-order valence-corrected chi connectivity index (χ3v) is 6.60. The van der Waals surface area contributed by atoms with E-state index in [1.165, 1.54) is 4.90 Å². The van der Waals surface area contributed by atoms with Crippen molar-refractivity contribution in [2.75, 3.05) is 18.1 Å². The molecule has 1 atom stereocenters. The molecule has 0 radical (unpaired) electrons. The molecule has 0 unspecified atom stereocenters. The van der Waals surface area contributed by atoms with Crippen LogP contribution < -0.4 is 10.3 Å². The minimum atomic E-state index is -1.63. The SMILES string of the molecule is CCOC(=O)NN(C(=O)OCC)[C@@]1(Cc2ccccc2C)SC(=S)N(c2ccccc2)C1=O. The molecular formula is C23H25N3O5S2. The lowest BCUT2D eigenvalue weighted by Gasteiger charge is -2.37. The lowest BCUT2D eigenvalue weighted by Crippen LogP contribution is -2.63. The van der Waals surface area contributed by atoms with Gasteiger partial charge in [-0.2, -0.15) is 5.01 Å². The van der Waals surface area contributed by atoms with E-state index < -0.39 is 23.0 Å². The van der Waals surface area contributed by atoms with Crippen molar-refractivity contribution in [1.82, 2.24) is 10.4 Å². The highest BCUT2D eigenvalue weighted by Gasteiger charge is 2.58. The summed E-state index contributed by atoms with van der Waals surface area (Å²) in [4.78, 5) is 39.2. The zero-order valence-electron chi connectivity index (χ0n) is 18.6. The Bertz CT molecular complexity index is 1050. The Balaban J connectivity index is 2.14. The van der Waals surface area contributed by atoms with E-state index in [1.54, 1.807) is 38.1 Å². The van der Waals surface area contributed by atoms with Crippen molar-refractivity contribution in [2.45, 2.75) is 32.1 Å². The van der Waals surface area contributed by atoms with E-state index in [9.17, 15) is 14.4 Å². The molecule has 0 bridgehead atoms. The first kappa shape index (κ1) is 24.5. The molecule has 1 fully saturated rings. The van der Waals surface area contributed by atoms with Crippen LogP contribution in [0.3, 0.4) is 0 Å². The van der Waals surface area contributed by atoms with Crippen LogP contribution in [-0.4, -0.2) is 45.5 Å². The number of nitrogens with zero attached hydrogens (tertiary/aromatic N) is 2. The van der Waals surface area contributed by atoms with Crippen LogP contribution in [0.15, 0.2) is 54.6 Å². The summed E-state index contributed by atoms with van der Waals surface area (Å²) in [5.74, 6) is -0.475. The Hall–Kier alpha value is -3.11. The van der Waals surface area contributed by atoms with Gasteiger partial charge in [0.15, 0.2) is 4.32 Å². The number of ether oxygens (including phenoxy) is 2. The van der Waals surface area contributed by atoms with Crippen molar-refractivity contribution >= 4 is 52.1 Å². The zero-order chi connectivity index (χ0) is 24.0. The van der Waals surface area contributed by atoms with Crippen LogP contribution in [0.4, 0.5) is 15.3 Å². The number of para-hydroxylation sites is 1. The summed E-state index contributed by atoms with van der Waals surface area (Å²) in [5.41, 5.74) is 4.72. The Morgan fingerprint density at radius 1 is 1.06 bits per heavy atom. The third kappa shape index (κ3) is 5.12. The molecule has 0 saturated carbocycles. The molecule has 0 aliphatic carbocycles. The van der Waals surface area contributed by atoms with E-state index in [0.29, 0.717) is 5.69 Å². The number of carbonyl (C=O) groups excluding carboxylic acids is 3. The fourth-order valence-electron chi connectivity index (χ4n) is 3.42. The minimum Gasteiger partial charge on any atom is -0.449 e. The van der Waals surface area contributed by atoms with Crippen LogP contribution in [0.5, 0.6) is 0 Å². The van der Waals surface area contributed by atoms with Crippen molar-refractivity contribution in [3.8, 4) is 0 Å². The molecule has 2 aromatic carbocycles. The molecule has 0 aromatic heterocycles. The number of amides is 3. The first-order valence-electron chi connectivity index (χ1n) is 10.4. The van der Waals surface area contributed by atoms with Crippen LogP contribution in [0, 0.1) is 6.92 Å². The molecule has 1 saturated heterocycles. The van der Waals surface area contributed by atoms with Crippen LogP contribution in [0.2, 0.25) is 0 Å². The molecule has 33 heavy (non-hydrogen) atoms. The van der Waals surface area contributed by atoms with E-state index in [4.69, 9.17) is 21.7 Å². The van der Waals surface area contributed by atoms with Gasteiger partial charge in [0.1, 0.15) is 0 Å². The number of anilines is 1. The Labute approximate surface area is 202 Å². The summed E-state index contributed by atoms with van der Waals surface area (Å²) < 4.78 is 10.4. The Kier molecular flexibility index (Phi) is 7.93. The van der Waals surface area contributed by atoms with Crippen LogP contribution >= 0.6 is 24.0 Å². The molecule has 1 aliphatic rings. The number of benzene rings is 2. The molecule has 8 nitrogen and oxygen atoms in total. The van der Waals surface area contributed by atoms with Crippen LogP contribution in [-0.2, 0) is 20.7 Å². The number of nitrogens with one attached hydrogen (secondary N) is 1. The van der Waals surface area contributed by atoms with Gasteiger partial charge in [-0.1, -0.05) is 66.4 Å². The van der Waals surface area contributed by atoms with Crippen molar-refractivity contribution in [3.05, 3.63) is 65.7 Å². The standard InChI is InChI=1S/C23H25N3O5S2/c1-4-30-20(28)24-26(21(29)31-5-2)23(15-17-12-10-9-11-16(17)3)19(27)25(22(32)33-23)18-13-7-6-8-14-18/h6-14H,4-5,15H2,1-3H3,(H,24,28)/t23-/m0/s1. The first-order chi connectivity index (χ1) is 15.8. The van der Waals surface area contributed by atoms with E-state index in [2.05, 4.69) is 5.43 Å². The number of thiocarbonyl (C=S) groups is 1. The fraction of sp³-hybridized carbons (Fsp3) is 0.304. The minimum absolute atomic E-state index is 0.0476. The topological polar surface area (TPSA) is 88.2 Å². The first-order valence-corrected chi connectivity index (χ1v) is 11.6. The molecule has 1 aliphatic heterocycles. The molecular weight excluding hydrogens is 462 g/mol. The molecule has 174 valence electrons. The lowest BCUT2D eigenvalue weighted by atomic mass is 9.99. The van der Waals surface area contributed by atoms with Crippen LogP contribution in [0.25, 0.3) is 0 Å². The van der Waals surface area contributed by atoms with Crippen molar-refractivity contribution in [2.24, 2.45) is 0 Å². The monoisotopic (exact) mass is 487 g/mol. The van der Waals surface area contributed by atoms with Crippen molar-refractivity contribution in [3.63, 3.8) is 0 Å². The highest BCUT2D eigenvalue weighted by Crippen LogP contribution is 2.45. The normalized spacial score (nSPS) is 17.6. The van der Waals surface area contributed by atoms with Gasteiger partial charge < -0.3 is 9.47 Å². The maximum absolute atomic E-state index is 14.0. The van der Waals surface area contributed by atoms with Crippen molar-refractivity contribution in [1.29, 1.82) is 0 Å². The van der Waals surface area contributed by atoms with Gasteiger partial charge >= 0.3 is 12.2 Å². The average molecular weight is 488 g/mol. The number of aryl methyl sites for hydroxylation is 1. The van der Waals surface area contributed by atoms with Gasteiger partial charge in [0.25, 0.3) is 5.91 Å². The number of thioether (sulfide) groups is 1. The van der Waals surface area contributed by atoms with E-state index in [-0.39, 0.29) is 24.0 Å². The highest BCUT2D eigenvalue weighted by atomic mass is 32.2. The largest absolute Gasteiger partial charge is 0.449 e. The summed E-state index contributed by atoms with van der Waals surface area (Å²) in [7, 11) is 0. The highest BCUT2D eigenvalue weighted by molar-refractivity contribution is 8.25. The maximum atomic E-state index is 14.0. The molecule has 2 aromatic rings. The van der Waals surface area contributed by atoms with Gasteiger partial charge in [-0.25, -0.2) is 15.0 Å². The lowest BCUT2D eigenvalue weighted by molar-refractivity contribution is -0.124. The number of rotatable bonds is 6. The molecule has 1 N–H and O–H groups in total. The van der Waals surface area contributed by atoms with E-state index >= 15 is 0 Å². The summed E-state index contributed by atoms with van der Waals surface area (Å²) >= 11 is 6.59. The molecule has 1 heterocycles. The van der Waals surface area contributed by atoms with Gasteiger partial charge in [0, 0.05) is 6.42 Å². The second kappa shape index (κ2) is 10.7.